The number of nitrogens with zero attached hydrogens (tertiary/aromatic N) is 4. The average molecular weight is 350 g/mol. The normalized spacial score (nSPS) is 14.1. The molecule has 7 nitrogen and oxygen atoms in total. The average Bonchev–Trinajstić information content (AvgIpc) is 3.09. The Bertz CT molecular complexity index is 904. The molecule has 1 saturated heterocycles. The van der Waals surface area contributed by atoms with Crippen LogP contribution in [0.3, 0.4) is 0 Å². The van der Waals surface area contributed by atoms with Crippen LogP contribution in [-0.2, 0) is 11.4 Å². The predicted molar refractivity (Wildman–Crippen MR) is 93.3 cm³/mol. The summed E-state index contributed by atoms with van der Waals surface area (Å²) in [6.45, 7) is 3.26. The van der Waals surface area contributed by atoms with E-state index in [2.05, 4.69) is 15.1 Å². The number of hydrogen-bond donors (Lipinski definition) is 0. The third-order valence-corrected chi connectivity index (χ3v) is 4.34. The molecule has 0 saturated carbocycles. The predicted octanol–water partition coefficient (Wildman–Crippen LogP) is 2.66. The van der Waals surface area contributed by atoms with Gasteiger partial charge in [-0.05, 0) is 18.2 Å². The van der Waals surface area contributed by atoms with Crippen molar-refractivity contribution in [1.29, 1.82) is 0 Å². The van der Waals surface area contributed by atoms with Crippen molar-refractivity contribution >= 4 is 5.91 Å². The molecule has 0 bridgehead atoms. The third-order valence-electron chi connectivity index (χ3n) is 4.34. The number of hydrogen-bond acceptors (Lipinski definition) is 6. The summed E-state index contributed by atoms with van der Waals surface area (Å²) in [7, 11) is 0. The smallest absolute Gasteiger partial charge is 0.233 e. The summed E-state index contributed by atoms with van der Waals surface area (Å²) in [4.78, 5) is 21.6. The summed E-state index contributed by atoms with van der Waals surface area (Å²) >= 11 is 0. The van der Waals surface area contributed by atoms with Crippen molar-refractivity contribution in [3.8, 4) is 17.1 Å². The molecule has 26 heavy (non-hydrogen) atoms. The van der Waals surface area contributed by atoms with Gasteiger partial charge in [0, 0.05) is 43.5 Å². The Morgan fingerprint density at radius 1 is 1.31 bits per heavy atom. The molecule has 1 amide bonds. The van der Waals surface area contributed by atoms with E-state index in [1.54, 1.807) is 24.2 Å². The Labute approximate surface area is 150 Å². The molecule has 0 N–H and O–H groups in total. The number of rotatable bonds is 5. The van der Waals surface area contributed by atoms with Gasteiger partial charge in [-0.1, -0.05) is 23.4 Å². The van der Waals surface area contributed by atoms with Crippen LogP contribution in [0.1, 0.15) is 24.3 Å². The van der Waals surface area contributed by atoms with Crippen molar-refractivity contribution in [2.75, 3.05) is 13.1 Å². The zero-order valence-electron chi connectivity index (χ0n) is 14.3. The fraction of sp³-hybridized carbons (Fsp3) is 0.263. The highest BCUT2D eigenvalue weighted by molar-refractivity contribution is 5.74. The first-order chi connectivity index (χ1) is 12.7. The molecule has 4 rings (SSSR count). The first-order valence-electron chi connectivity index (χ1n) is 8.40. The van der Waals surface area contributed by atoms with Crippen LogP contribution in [0.15, 0.2) is 53.3 Å². The Morgan fingerprint density at radius 3 is 2.96 bits per heavy atom. The first kappa shape index (κ1) is 16.3. The largest absolute Gasteiger partial charge is 0.489 e. The second kappa shape index (κ2) is 6.95. The van der Waals surface area contributed by atoms with Crippen LogP contribution in [0.5, 0.6) is 5.75 Å². The van der Waals surface area contributed by atoms with Gasteiger partial charge in [0.25, 0.3) is 0 Å². The summed E-state index contributed by atoms with van der Waals surface area (Å²) in [6.07, 6.45) is 3.51. The Kier molecular flexibility index (Phi) is 4.35. The molecule has 7 heteroatoms. The van der Waals surface area contributed by atoms with E-state index in [4.69, 9.17) is 9.26 Å². The van der Waals surface area contributed by atoms with Crippen molar-refractivity contribution in [2.45, 2.75) is 19.4 Å². The van der Waals surface area contributed by atoms with Gasteiger partial charge in [0.05, 0.1) is 5.92 Å². The fourth-order valence-electron chi connectivity index (χ4n) is 2.79. The molecular formula is C19H18N4O3. The number of carbonyl (C=O) groups excluding carboxylic acids is 1. The Hall–Kier alpha value is -3.22. The molecule has 0 radical (unpaired) electrons. The lowest BCUT2D eigenvalue weighted by Gasteiger charge is -2.36. The van der Waals surface area contributed by atoms with E-state index in [-0.39, 0.29) is 11.8 Å². The highest BCUT2D eigenvalue weighted by atomic mass is 16.5. The van der Waals surface area contributed by atoms with Gasteiger partial charge < -0.3 is 14.2 Å². The van der Waals surface area contributed by atoms with Crippen molar-refractivity contribution in [3.05, 3.63) is 60.2 Å². The van der Waals surface area contributed by atoms with Crippen LogP contribution in [0.2, 0.25) is 0 Å². The second-order valence-electron chi connectivity index (χ2n) is 6.25. The topological polar surface area (TPSA) is 81.4 Å². The lowest BCUT2D eigenvalue weighted by molar-refractivity contribution is -0.133. The number of ether oxygens (including phenoxy) is 1. The zero-order chi connectivity index (χ0) is 17.9. The number of likely N-dealkylation sites (tertiary alicyclic amines) is 1. The van der Waals surface area contributed by atoms with Crippen LogP contribution in [0.4, 0.5) is 0 Å². The Morgan fingerprint density at radius 2 is 2.19 bits per heavy atom. The number of carbonyl (C=O) groups is 1. The summed E-state index contributed by atoms with van der Waals surface area (Å²) in [6, 6.07) is 11.4. The lowest BCUT2D eigenvalue weighted by atomic mass is 10.0. The van der Waals surface area contributed by atoms with Gasteiger partial charge >= 0.3 is 0 Å². The van der Waals surface area contributed by atoms with Crippen molar-refractivity contribution in [2.24, 2.45) is 0 Å². The van der Waals surface area contributed by atoms with E-state index in [9.17, 15) is 4.79 Å². The Balaban J connectivity index is 1.43. The molecule has 1 aliphatic heterocycles. The molecule has 132 valence electrons. The van der Waals surface area contributed by atoms with Crippen molar-refractivity contribution in [3.63, 3.8) is 0 Å². The first-order valence-corrected chi connectivity index (χ1v) is 8.40. The van der Waals surface area contributed by atoms with Gasteiger partial charge in [0.15, 0.2) is 0 Å². The monoisotopic (exact) mass is 350 g/mol. The summed E-state index contributed by atoms with van der Waals surface area (Å²) < 4.78 is 11.2. The van der Waals surface area contributed by atoms with Crippen LogP contribution in [-0.4, -0.2) is 39.0 Å². The van der Waals surface area contributed by atoms with Crippen LogP contribution in [0.25, 0.3) is 11.4 Å². The van der Waals surface area contributed by atoms with E-state index in [1.165, 1.54) is 0 Å². The van der Waals surface area contributed by atoms with Gasteiger partial charge in [-0.3, -0.25) is 9.78 Å². The molecule has 0 unspecified atom stereocenters. The highest BCUT2D eigenvalue weighted by Crippen LogP contribution is 2.28. The summed E-state index contributed by atoms with van der Waals surface area (Å²) in [5.41, 5.74) is 1.83. The maximum atomic E-state index is 11.3. The molecule has 1 aromatic carbocycles. The van der Waals surface area contributed by atoms with Gasteiger partial charge in [0.2, 0.25) is 17.6 Å². The third kappa shape index (κ3) is 3.42. The van der Waals surface area contributed by atoms with Crippen LogP contribution >= 0.6 is 0 Å². The van der Waals surface area contributed by atoms with Crippen LogP contribution in [0, 0.1) is 0 Å². The van der Waals surface area contributed by atoms with Crippen molar-refractivity contribution < 1.29 is 14.1 Å². The van der Waals surface area contributed by atoms with Gasteiger partial charge in [-0.2, -0.15) is 4.98 Å². The molecule has 3 aromatic rings. The quantitative estimate of drug-likeness (QED) is 0.704. The molecule has 0 spiro atoms. The van der Waals surface area contributed by atoms with Gasteiger partial charge in [-0.15, -0.1) is 0 Å². The second-order valence-corrected chi connectivity index (χ2v) is 6.25. The van der Waals surface area contributed by atoms with Gasteiger partial charge in [-0.25, -0.2) is 0 Å². The summed E-state index contributed by atoms with van der Waals surface area (Å²) in [5, 5.41) is 4.06. The maximum absolute atomic E-state index is 11.3. The lowest BCUT2D eigenvalue weighted by Crippen LogP contribution is -2.47. The standard InChI is InChI=1S/C19H18N4O3/c1-13(24)23-10-16(11-23)19-21-18(22-26-19)15-5-2-6-17(8-15)25-12-14-4-3-7-20-9-14/h2-9,16H,10-12H2,1H3. The number of aromatic nitrogens is 3. The van der Waals surface area contributed by atoms with Crippen molar-refractivity contribution in [1.82, 2.24) is 20.0 Å². The fourth-order valence-corrected chi connectivity index (χ4v) is 2.79. The number of amides is 1. The minimum atomic E-state index is 0.0689. The van der Waals surface area contributed by atoms with Gasteiger partial charge in [0.1, 0.15) is 12.4 Å². The molecule has 0 aliphatic carbocycles. The molecule has 2 aromatic heterocycles. The van der Waals surface area contributed by atoms with E-state index < -0.39 is 0 Å². The SMILES string of the molecule is CC(=O)N1CC(c2nc(-c3cccc(OCc4cccnc4)c3)no2)C1. The molecule has 3 heterocycles. The molecular weight excluding hydrogens is 332 g/mol. The van der Waals surface area contributed by atoms with E-state index in [0.29, 0.717) is 31.4 Å². The minimum absolute atomic E-state index is 0.0689. The van der Waals surface area contributed by atoms with E-state index in [0.717, 1.165) is 16.9 Å². The van der Waals surface area contributed by atoms with E-state index in [1.807, 2.05) is 36.4 Å². The minimum Gasteiger partial charge on any atom is -0.489 e. The highest BCUT2D eigenvalue weighted by Gasteiger charge is 2.34. The molecule has 0 atom stereocenters. The maximum Gasteiger partial charge on any atom is 0.233 e. The zero-order valence-corrected chi connectivity index (χ0v) is 14.3. The van der Waals surface area contributed by atoms with Crippen LogP contribution < -0.4 is 4.74 Å². The molecule has 1 fully saturated rings. The van der Waals surface area contributed by atoms with E-state index >= 15 is 0 Å². The number of pyridine rings is 1. The summed E-state index contributed by atoms with van der Waals surface area (Å²) in [5.74, 6) is 2.00. The number of benzene rings is 1. The molecule has 1 aliphatic rings.